The highest BCUT2D eigenvalue weighted by molar-refractivity contribution is 9.08. The van der Waals surface area contributed by atoms with Gasteiger partial charge in [-0.15, -0.1) is 0 Å². The summed E-state index contributed by atoms with van der Waals surface area (Å²) in [5.41, 5.74) is 3.78. The van der Waals surface area contributed by atoms with Crippen LogP contribution in [0.2, 0.25) is 0 Å². The van der Waals surface area contributed by atoms with Crippen LogP contribution in [0.3, 0.4) is 0 Å². The van der Waals surface area contributed by atoms with Crippen LogP contribution < -0.4 is 4.90 Å². The van der Waals surface area contributed by atoms with Gasteiger partial charge in [0.2, 0.25) is 0 Å². The van der Waals surface area contributed by atoms with Crippen molar-refractivity contribution in [1.29, 1.82) is 5.26 Å². The van der Waals surface area contributed by atoms with Crippen molar-refractivity contribution in [1.82, 2.24) is 4.98 Å². The van der Waals surface area contributed by atoms with E-state index in [0.717, 1.165) is 28.8 Å². The molecule has 0 amide bonds. The van der Waals surface area contributed by atoms with E-state index in [2.05, 4.69) is 38.8 Å². The van der Waals surface area contributed by atoms with Crippen molar-refractivity contribution in [3.05, 3.63) is 59.4 Å². The Balaban J connectivity index is 2.30. The lowest BCUT2D eigenvalue weighted by molar-refractivity contribution is 0.808. The van der Waals surface area contributed by atoms with Gasteiger partial charge >= 0.3 is 0 Å². The molecule has 1 heterocycles. The zero-order chi connectivity index (χ0) is 14.4. The molecule has 1 aromatic carbocycles. The molecule has 0 unspecified atom stereocenters. The van der Waals surface area contributed by atoms with Gasteiger partial charge in [0.05, 0.1) is 23.5 Å². The Morgan fingerprint density at radius 3 is 2.75 bits per heavy atom. The molecular weight excluding hydrogens is 314 g/mol. The molecule has 4 heteroatoms. The molecule has 0 aliphatic carbocycles. The third kappa shape index (κ3) is 3.37. The summed E-state index contributed by atoms with van der Waals surface area (Å²) in [5, 5.41) is 10.1. The Labute approximate surface area is 128 Å². The van der Waals surface area contributed by atoms with Crippen molar-refractivity contribution in [3.63, 3.8) is 0 Å². The summed E-state index contributed by atoms with van der Waals surface area (Å²) in [5.74, 6) is 0. The van der Waals surface area contributed by atoms with Crippen molar-refractivity contribution in [2.24, 2.45) is 0 Å². The lowest BCUT2D eigenvalue weighted by atomic mass is 10.1. The number of halogens is 1. The third-order valence-electron chi connectivity index (χ3n) is 3.14. The maximum Gasteiger partial charge on any atom is 0.101 e. The zero-order valence-corrected chi connectivity index (χ0v) is 13.0. The SMILES string of the molecule is CCN(Cc1ccccn1)c1ccc(CBr)cc1C#N. The minimum atomic E-state index is 0.708. The molecule has 20 heavy (non-hydrogen) atoms. The second-order valence-corrected chi connectivity index (χ2v) is 4.99. The Bertz CT molecular complexity index is 605. The summed E-state index contributed by atoms with van der Waals surface area (Å²) in [6.07, 6.45) is 1.79. The van der Waals surface area contributed by atoms with E-state index in [1.807, 2.05) is 36.4 Å². The average molecular weight is 330 g/mol. The number of alkyl halides is 1. The molecule has 0 saturated carbocycles. The number of benzene rings is 1. The van der Waals surface area contributed by atoms with E-state index >= 15 is 0 Å². The number of rotatable bonds is 5. The summed E-state index contributed by atoms with van der Waals surface area (Å²) in [6, 6.07) is 14.2. The van der Waals surface area contributed by atoms with Crippen LogP contribution >= 0.6 is 15.9 Å². The van der Waals surface area contributed by atoms with Crippen LogP contribution in [-0.2, 0) is 11.9 Å². The molecule has 2 rings (SSSR count). The van der Waals surface area contributed by atoms with E-state index in [0.29, 0.717) is 12.1 Å². The predicted molar refractivity (Wildman–Crippen MR) is 84.7 cm³/mol. The van der Waals surface area contributed by atoms with Gasteiger partial charge < -0.3 is 4.90 Å². The first kappa shape index (κ1) is 14.5. The van der Waals surface area contributed by atoms with E-state index in [9.17, 15) is 5.26 Å². The normalized spacial score (nSPS) is 10.1. The number of aromatic nitrogens is 1. The summed E-state index contributed by atoms with van der Waals surface area (Å²) in [4.78, 5) is 6.51. The number of hydrogen-bond donors (Lipinski definition) is 0. The van der Waals surface area contributed by atoms with E-state index in [1.54, 1.807) is 6.20 Å². The topological polar surface area (TPSA) is 39.9 Å². The van der Waals surface area contributed by atoms with Crippen LogP contribution in [-0.4, -0.2) is 11.5 Å². The van der Waals surface area contributed by atoms with Gasteiger partial charge in [0.1, 0.15) is 6.07 Å². The first-order valence-corrected chi connectivity index (χ1v) is 7.64. The molecule has 102 valence electrons. The summed E-state index contributed by atoms with van der Waals surface area (Å²) < 4.78 is 0. The van der Waals surface area contributed by atoms with E-state index in [4.69, 9.17) is 0 Å². The Morgan fingerprint density at radius 1 is 1.30 bits per heavy atom. The largest absolute Gasteiger partial charge is 0.365 e. The number of hydrogen-bond acceptors (Lipinski definition) is 3. The number of nitrogens with zero attached hydrogens (tertiary/aromatic N) is 3. The summed E-state index contributed by atoms with van der Waals surface area (Å²) >= 11 is 3.42. The minimum absolute atomic E-state index is 0.708. The lowest BCUT2D eigenvalue weighted by Crippen LogP contribution is -2.23. The molecule has 2 aromatic rings. The molecule has 0 atom stereocenters. The molecule has 0 bridgehead atoms. The summed E-state index contributed by atoms with van der Waals surface area (Å²) in [7, 11) is 0. The van der Waals surface area contributed by atoms with Gasteiger partial charge in [-0.2, -0.15) is 5.26 Å². The van der Waals surface area contributed by atoms with Gasteiger partial charge in [-0.1, -0.05) is 28.1 Å². The highest BCUT2D eigenvalue weighted by Crippen LogP contribution is 2.23. The van der Waals surface area contributed by atoms with Gasteiger partial charge in [0.15, 0.2) is 0 Å². The molecule has 0 saturated heterocycles. The van der Waals surface area contributed by atoms with Gasteiger partial charge in [0.25, 0.3) is 0 Å². The number of nitriles is 1. The van der Waals surface area contributed by atoms with Gasteiger partial charge in [-0.3, -0.25) is 4.98 Å². The molecule has 0 fully saturated rings. The fraction of sp³-hybridized carbons (Fsp3) is 0.250. The first-order valence-electron chi connectivity index (χ1n) is 6.52. The van der Waals surface area contributed by atoms with Crippen molar-refractivity contribution in [2.75, 3.05) is 11.4 Å². The van der Waals surface area contributed by atoms with Gasteiger partial charge in [0, 0.05) is 18.1 Å². The van der Waals surface area contributed by atoms with Crippen molar-refractivity contribution in [2.45, 2.75) is 18.8 Å². The smallest absolute Gasteiger partial charge is 0.101 e. The third-order valence-corrected chi connectivity index (χ3v) is 3.78. The fourth-order valence-electron chi connectivity index (χ4n) is 2.09. The first-order chi connectivity index (χ1) is 9.78. The van der Waals surface area contributed by atoms with Crippen LogP contribution in [0, 0.1) is 11.3 Å². The molecule has 0 N–H and O–H groups in total. The molecule has 0 radical (unpaired) electrons. The molecule has 1 aromatic heterocycles. The highest BCUT2D eigenvalue weighted by Gasteiger charge is 2.11. The van der Waals surface area contributed by atoms with Gasteiger partial charge in [-0.05, 0) is 36.8 Å². The van der Waals surface area contributed by atoms with Crippen LogP contribution in [0.15, 0.2) is 42.6 Å². The zero-order valence-electron chi connectivity index (χ0n) is 11.4. The predicted octanol–water partition coefficient (Wildman–Crippen LogP) is 3.87. The second kappa shape index (κ2) is 7.06. The van der Waals surface area contributed by atoms with Crippen LogP contribution in [0.1, 0.15) is 23.7 Å². The highest BCUT2D eigenvalue weighted by atomic mass is 79.9. The van der Waals surface area contributed by atoms with Gasteiger partial charge in [-0.25, -0.2) is 0 Å². The monoisotopic (exact) mass is 329 g/mol. The average Bonchev–Trinajstić information content (AvgIpc) is 2.53. The van der Waals surface area contributed by atoms with Crippen molar-refractivity contribution < 1.29 is 0 Å². The lowest BCUT2D eigenvalue weighted by Gasteiger charge is -2.24. The maximum atomic E-state index is 9.34. The molecule has 0 aliphatic rings. The Hall–Kier alpha value is -1.86. The van der Waals surface area contributed by atoms with Crippen LogP contribution in [0.5, 0.6) is 0 Å². The molecule has 0 aliphatic heterocycles. The van der Waals surface area contributed by atoms with Crippen molar-refractivity contribution in [3.8, 4) is 6.07 Å². The summed E-state index contributed by atoms with van der Waals surface area (Å²) in [6.45, 7) is 3.63. The molecule has 3 nitrogen and oxygen atoms in total. The number of pyridine rings is 1. The number of anilines is 1. The van der Waals surface area contributed by atoms with E-state index in [-0.39, 0.29) is 0 Å². The Kier molecular flexibility index (Phi) is 5.14. The van der Waals surface area contributed by atoms with E-state index in [1.165, 1.54) is 0 Å². The molecular formula is C16H16BrN3. The Morgan fingerprint density at radius 2 is 2.15 bits per heavy atom. The quantitative estimate of drug-likeness (QED) is 0.781. The fourth-order valence-corrected chi connectivity index (χ4v) is 2.43. The second-order valence-electron chi connectivity index (χ2n) is 4.43. The van der Waals surface area contributed by atoms with Crippen LogP contribution in [0.25, 0.3) is 0 Å². The van der Waals surface area contributed by atoms with Crippen molar-refractivity contribution >= 4 is 21.6 Å². The molecule has 0 spiro atoms. The van der Waals surface area contributed by atoms with Crippen LogP contribution in [0.4, 0.5) is 5.69 Å². The van der Waals surface area contributed by atoms with E-state index < -0.39 is 0 Å². The standard InChI is InChI=1S/C16H16BrN3/c1-2-20(12-15-5-3-4-8-19-15)16-7-6-13(10-17)9-14(16)11-18/h3-9H,2,10,12H2,1H3. The maximum absolute atomic E-state index is 9.34. The minimum Gasteiger partial charge on any atom is -0.365 e.